The third kappa shape index (κ3) is 8.72. The van der Waals surface area contributed by atoms with Gasteiger partial charge in [-0.1, -0.05) is 34.1 Å². The van der Waals surface area contributed by atoms with Crippen molar-refractivity contribution in [1.82, 2.24) is 5.32 Å². The molecule has 0 aromatic heterocycles. The van der Waals surface area contributed by atoms with E-state index in [-0.39, 0.29) is 6.04 Å². The van der Waals surface area contributed by atoms with Gasteiger partial charge in [-0.3, -0.25) is 0 Å². The first-order valence-corrected chi connectivity index (χ1v) is 8.58. The standard InChI is InChI=1S/C18H24BrNO4/c1-5-23-16(21)11-10-15(20-17(22)24-18(2,3)4)12-13-6-8-14(19)9-7-13/h6-11,15H,5,12H2,1-4H3,(H,20,22)/b11-10+/t15-/m1/s1. The van der Waals surface area contributed by atoms with Crippen molar-refractivity contribution in [2.45, 2.75) is 45.8 Å². The molecule has 1 aromatic carbocycles. The minimum absolute atomic E-state index is 0.306. The topological polar surface area (TPSA) is 64.6 Å². The number of benzene rings is 1. The Morgan fingerprint density at radius 1 is 1.25 bits per heavy atom. The van der Waals surface area contributed by atoms with Crippen molar-refractivity contribution < 1.29 is 19.1 Å². The molecule has 0 radical (unpaired) electrons. The normalized spacial score (nSPS) is 12.7. The summed E-state index contributed by atoms with van der Waals surface area (Å²) in [5, 5.41) is 2.77. The number of hydrogen-bond acceptors (Lipinski definition) is 4. The van der Waals surface area contributed by atoms with Crippen LogP contribution in [0.3, 0.4) is 0 Å². The highest BCUT2D eigenvalue weighted by molar-refractivity contribution is 9.10. The van der Waals surface area contributed by atoms with E-state index in [0.29, 0.717) is 13.0 Å². The lowest BCUT2D eigenvalue weighted by Crippen LogP contribution is -2.39. The average Bonchev–Trinajstić information content (AvgIpc) is 2.45. The maximum absolute atomic E-state index is 12.0. The van der Waals surface area contributed by atoms with Gasteiger partial charge < -0.3 is 14.8 Å². The van der Waals surface area contributed by atoms with Crippen molar-refractivity contribution >= 4 is 28.0 Å². The Kier molecular flexibility index (Phi) is 7.98. The van der Waals surface area contributed by atoms with Crippen molar-refractivity contribution in [3.8, 4) is 0 Å². The predicted octanol–water partition coefficient (Wildman–Crippen LogP) is 4.00. The number of ether oxygens (including phenoxy) is 2. The van der Waals surface area contributed by atoms with E-state index in [9.17, 15) is 9.59 Å². The third-order valence-corrected chi connectivity index (χ3v) is 3.35. The Morgan fingerprint density at radius 3 is 2.42 bits per heavy atom. The first-order chi connectivity index (χ1) is 11.2. The van der Waals surface area contributed by atoms with E-state index in [4.69, 9.17) is 9.47 Å². The molecule has 5 nitrogen and oxygen atoms in total. The molecule has 0 aliphatic carbocycles. The quantitative estimate of drug-likeness (QED) is 0.581. The fourth-order valence-electron chi connectivity index (χ4n) is 1.89. The first kappa shape index (κ1) is 20.2. The molecule has 24 heavy (non-hydrogen) atoms. The maximum atomic E-state index is 12.0. The highest BCUT2D eigenvalue weighted by atomic mass is 79.9. The summed E-state index contributed by atoms with van der Waals surface area (Å²) in [4.78, 5) is 23.5. The lowest BCUT2D eigenvalue weighted by molar-refractivity contribution is -0.137. The second-order valence-corrected chi connectivity index (χ2v) is 7.11. The van der Waals surface area contributed by atoms with Crippen LogP contribution in [0.4, 0.5) is 4.79 Å². The van der Waals surface area contributed by atoms with E-state index in [1.54, 1.807) is 33.8 Å². The lowest BCUT2D eigenvalue weighted by Gasteiger charge is -2.22. The average molecular weight is 398 g/mol. The zero-order valence-electron chi connectivity index (χ0n) is 14.5. The number of alkyl carbamates (subject to hydrolysis) is 1. The van der Waals surface area contributed by atoms with Gasteiger partial charge in [0, 0.05) is 10.5 Å². The van der Waals surface area contributed by atoms with Crippen LogP contribution in [0.5, 0.6) is 0 Å². The largest absolute Gasteiger partial charge is 0.463 e. The Morgan fingerprint density at radius 2 is 1.88 bits per heavy atom. The first-order valence-electron chi connectivity index (χ1n) is 7.78. The van der Waals surface area contributed by atoms with Gasteiger partial charge in [0.05, 0.1) is 12.6 Å². The van der Waals surface area contributed by atoms with E-state index >= 15 is 0 Å². The number of hydrogen-bond donors (Lipinski definition) is 1. The van der Waals surface area contributed by atoms with Gasteiger partial charge in [-0.05, 0) is 51.8 Å². The van der Waals surface area contributed by atoms with Crippen LogP contribution < -0.4 is 5.32 Å². The van der Waals surface area contributed by atoms with Crippen LogP contribution in [0.15, 0.2) is 40.9 Å². The molecule has 1 rings (SSSR count). The molecule has 0 saturated heterocycles. The molecule has 132 valence electrons. The molecule has 0 heterocycles. The van der Waals surface area contributed by atoms with E-state index < -0.39 is 17.7 Å². The van der Waals surface area contributed by atoms with Crippen molar-refractivity contribution in [3.63, 3.8) is 0 Å². The molecule has 1 atom stereocenters. The van der Waals surface area contributed by atoms with Gasteiger partial charge in [-0.2, -0.15) is 0 Å². The number of rotatable bonds is 6. The molecule has 0 aliphatic rings. The van der Waals surface area contributed by atoms with Gasteiger partial charge in [-0.15, -0.1) is 0 Å². The number of nitrogens with one attached hydrogen (secondary N) is 1. The minimum Gasteiger partial charge on any atom is -0.463 e. The summed E-state index contributed by atoms with van der Waals surface area (Å²) < 4.78 is 11.1. The smallest absolute Gasteiger partial charge is 0.408 e. The van der Waals surface area contributed by atoms with Crippen LogP contribution in [-0.2, 0) is 20.7 Å². The highest BCUT2D eigenvalue weighted by Gasteiger charge is 2.18. The molecule has 0 saturated carbocycles. The second-order valence-electron chi connectivity index (χ2n) is 6.19. The SMILES string of the molecule is CCOC(=O)/C=C/[C@H](Cc1ccc(Br)cc1)NC(=O)OC(C)(C)C. The number of amides is 1. The monoisotopic (exact) mass is 397 g/mol. The van der Waals surface area contributed by atoms with Gasteiger partial charge in [0.2, 0.25) is 0 Å². The van der Waals surface area contributed by atoms with Crippen molar-refractivity contribution in [1.29, 1.82) is 0 Å². The minimum atomic E-state index is -0.586. The predicted molar refractivity (Wildman–Crippen MR) is 96.8 cm³/mol. The summed E-state index contributed by atoms with van der Waals surface area (Å²) in [6.45, 7) is 7.43. The molecule has 1 amide bonds. The van der Waals surface area contributed by atoms with Gasteiger partial charge in [0.15, 0.2) is 0 Å². The van der Waals surface area contributed by atoms with E-state index in [1.165, 1.54) is 6.08 Å². The van der Waals surface area contributed by atoms with Crippen molar-refractivity contribution in [2.24, 2.45) is 0 Å². The Bertz CT molecular complexity index is 576. The molecule has 0 unspecified atom stereocenters. The highest BCUT2D eigenvalue weighted by Crippen LogP contribution is 2.13. The van der Waals surface area contributed by atoms with Crippen LogP contribution in [0.25, 0.3) is 0 Å². The summed E-state index contributed by atoms with van der Waals surface area (Å²) in [6, 6.07) is 7.37. The summed E-state index contributed by atoms with van der Waals surface area (Å²) >= 11 is 3.39. The molecule has 1 N–H and O–H groups in total. The van der Waals surface area contributed by atoms with Crippen molar-refractivity contribution in [3.05, 3.63) is 46.5 Å². The fourth-order valence-corrected chi connectivity index (χ4v) is 2.15. The maximum Gasteiger partial charge on any atom is 0.408 e. The molecule has 1 aromatic rings. The lowest BCUT2D eigenvalue weighted by atomic mass is 10.1. The molecular weight excluding hydrogens is 374 g/mol. The van der Waals surface area contributed by atoms with Gasteiger partial charge >= 0.3 is 12.1 Å². The Labute approximate surface area is 151 Å². The van der Waals surface area contributed by atoms with Crippen molar-refractivity contribution in [2.75, 3.05) is 6.61 Å². The van der Waals surface area contributed by atoms with Crippen LogP contribution in [0.2, 0.25) is 0 Å². The summed E-state index contributed by atoms with van der Waals surface area (Å²) in [5.41, 5.74) is 0.435. The van der Waals surface area contributed by atoms with Crippen LogP contribution >= 0.6 is 15.9 Å². The summed E-state index contributed by atoms with van der Waals surface area (Å²) in [6.07, 6.45) is 2.94. The van der Waals surface area contributed by atoms with E-state index in [0.717, 1.165) is 10.0 Å². The van der Waals surface area contributed by atoms with Gasteiger partial charge in [-0.25, -0.2) is 9.59 Å². The van der Waals surface area contributed by atoms with Crippen LogP contribution in [-0.4, -0.2) is 30.3 Å². The molecular formula is C18H24BrNO4. The van der Waals surface area contributed by atoms with E-state index in [2.05, 4.69) is 21.2 Å². The number of halogens is 1. The number of carbonyl (C=O) groups is 2. The number of esters is 1. The van der Waals surface area contributed by atoms with Gasteiger partial charge in [0.25, 0.3) is 0 Å². The summed E-state index contributed by atoms with van der Waals surface area (Å²) in [7, 11) is 0. The zero-order valence-corrected chi connectivity index (χ0v) is 16.1. The third-order valence-electron chi connectivity index (χ3n) is 2.82. The van der Waals surface area contributed by atoms with Crippen LogP contribution in [0.1, 0.15) is 33.3 Å². The second kappa shape index (κ2) is 9.47. The van der Waals surface area contributed by atoms with Crippen LogP contribution in [0, 0.1) is 0 Å². The molecule has 0 bridgehead atoms. The fraction of sp³-hybridized carbons (Fsp3) is 0.444. The zero-order chi connectivity index (χ0) is 18.2. The summed E-state index contributed by atoms with van der Waals surface area (Å²) in [5.74, 6) is -0.440. The molecule has 0 fully saturated rings. The Balaban J connectivity index is 2.80. The van der Waals surface area contributed by atoms with Gasteiger partial charge in [0.1, 0.15) is 5.60 Å². The molecule has 0 aliphatic heterocycles. The number of carbonyl (C=O) groups excluding carboxylic acids is 2. The Hall–Kier alpha value is -1.82. The molecule has 6 heteroatoms. The van der Waals surface area contributed by atoms with E-state index in [1.807, 2.05) is 24.3 Å². The molecule has 0 spiro atoms.